The molecule has 1 unspecified atom stereocenters. The molecule has 0 saturated heterocycles. The van der Waals surface area contributed by atoms with E-state index in [1.165, 1.54) is 29.2 Å². The topological polar surface area (TPSA) is 86.8 Å². The van der Waals surface area contributed by atoms with Crippen LogP contribution in [0.4, 0.5) is 5.69 Å². The summed E-state index contributed by atoms with van der Waals surface area (Å²) < 4.78 is 29.0. The highest BCUT2D eigenvalue weighted by Crippen LogP contribution is 2.36. The van der Waals surface area contributed by atoms with Crippen molar-refractivity contribution in [1.82, 2.24) is 10.2 Å². The SMILES string of the molecule is Cc1ccc(S(=O)(=O)N(CC(=O)N(Cc2c(Cl)cccc2Cl)C(C)C(=O)NC2CCCCC2)c2cccc(Cl)c2Cl)cc1. The number of carbonyl (C=O) groups excluding carboxylic acids is 2. The number of hydrogen-bond donors (Lipinski definition) is 1. The third kappa shape index (κ3) is 7.97. The van der Waals surface area contributed by atoms with Gasteiger partial charge in [-0.25, -0.2) is 8.42 Å². The first kappa shape index (κ1) is 33.4. The van der Waals surface area contributed by atoms with Crippen molar-refractivity contribution in [2.45, 2.75) is 69.5 Å². The van der Waals surface area contributed by atoms with Crippen molar-refractivity contribution in [3.8, 4) is 0 Å². The molecule has 0 heterocycles. The Balaban J connectivity index is 1.74. The van der Waals surface area contributed by atoms with Crippen molar-refractivity contribution in [2.24, 2.45) is 0 Å². The first-order valence-electron chi connectivity index (χ1n) is 14.0. The van der Waals surface area contributed by atoms with Crippen molar-refractivity contribution in [3.63, 3.8) is 0 Å². The molecular formula is C31H33Cl4N3O4S. The average molecular weight is 686 g/mol. The lowest BCUT2D eigenvalue weighted by molar-refractivity contribution is -0.139. The fraction of sp³-hybridized carbons (Fsp3) is 0.355. The number of rotatable bonds is 10. The first-order chi connectivity index (χ1) is 20.4. The van der Waals surface area contributed by atoms with E-state index in [1.54, 1.807) is 43.3 Å². The highest BCUT2D eigenvalue weighted by atomic mass is 35.5. The molecule has 1 fully saturated rings. The van der Waals surface area contributed by atoms with Crippen LogP contribution in [0.25, 0.3) is 0 Å². The van der Waals surface area contributed by atoms with Crippen LogP contribution >= 0.6 is 46.4 Å². The van der Waals surface area contributed by atoms with Crippen molar-refractivity contribution in [1.29, 1.82) is 0 Å². The van der Waals surface area contributed by atoms with Crippen molar-refractivity contribution in [3.05, 3.63) is 91.9 Å². The monoisotopic (exact) mass is 683 g/mol. The number of benzene rings is 3. The molecule has 43 heavy (non-hydrogen) atoms. The molecule has 12 heteroatoms. The summed E-state index contributed by atoms with van der Waals surface area (Å²) in [4.78, 5) is 28.9. The highest BCUT2D eigenvalue weighted by molar-refractivity contribution is 7.92. The van der Waals surface area contributed by atoms with E-state index < -0.39 is 28.5 Å². The van der Waals surface area contributed by atoms with Crippen LogP contribution in [0, 0.1) is 6.92 Å². The molecule has 1 saturated carbocycles. The van der Waals surface area contributed by atoms with Gasteiger partial charge in [-0.3, -0.25) is 13.9 Å². The molecule has 2 amide bonds. The first-order valence-corrected chi connectivity index (χ1v) is 16.9. The number of sulfonamides is 1. The number of amides is 2. The van der Waals surface area contributed by atoms with Gasteiger partial charge in [0, 0.05) is 28.2 Å². The fourth-order valence-corrected chi connectivity index (χ4v) is 7.43. The Morgan fingerprint density at radius 3 is 2.09 bits per heavy atom. The number of halogens is 4. The van der Waals surface area contributed by atoms with Gasteiger partial charge in [-0.2, -0.15) is 0 Å². The summed E-state index contributed by atoms with van der Waals surface area (Å²) in [6, 6.07) is 14.8. The molecule has 1 aliphatic rings. The summed E-state index contributed by atoms with van der Waals surface area (Å²) in [5.74, 6) is -1.01. The molecule has 0 aliphatic heterocycles. The van der Waals surface area contributed by atoms with Gasteiger partial charge in [0.2, 0.25) is 11.8 Å². The summed E-state index contributed by atoms with van der Waals surface area (Å²) >= 11 is 25.7. The molecule has 1 atom stereocenters. The Bertz CT molecular complexity index is 1560. The third-order valence-corrected chi connectivity index (χ3v) is 10.9. The molecule has 0 spiro atoms. The van der Waals surface area contributed by atoms with Crippen LogP contribution in [0.1, 0.15) is 50.2 Å². The lowest BCUT2D eigenvalue weighted by Gasteiger charge is -2.33. The van der Waals surface area contributed by atoms with Gasteiger partial charge >= 0.3 is 0 Å². The van der Waals surface area contributed by atoms with E-state index in [9.17, 15) is 18.0 Å². The van der Waals surface area contributed by atoms with Gasteiger partial charge in [0.1, 0.15) is 12.6 Å². The molecule has 0 aromatic heterocycles. The molecule has 7 nitrogen and oxygen atoms in total. The quantitative estimate of drug-likeness (QED) is 0.238. The molecule has 1 aliphatic carbocycles. The smallest absolute Gasteiger partial charge is 0.264 e. The standard InChI is InChI=1S/C31H33Cl4N3O4S/c1-20-14-16-23(17-15-20)43(41,42)38(28-13-7-12-27(34)30(28)35)19-29(39)37(18-24-25(32)10-6-11-26(24)33)21(2)31(40)36-22-8-4-3-5-9-22/h6-7,10-17,21-22H,3-5,8-9,18-19H2,1-2H3,(H,36,40). The van der Waals surface area contributed by atoms with E-state index >= 15 is 0 Å². The normalized spacial score (nSPS) is 14.7. The van der Waals surface area contributed by atoms with Gasteiger partial charge in [-0.1, -0.05) is 95.5 Å². The second-order valence-electron chi connectivity index (χ2n) is 10.6. The van der Waals surface area contributed by atoms with Crippen LogP contribution in [-0.2, 0) is 26.2 Å². The predicted molar refractivity (Wildman–Crippen MR) is 174 cm³/mol. The number of hydrogen-bond acceptors (Lipinski definition) is 4. The maximum atomic E-state index is 14.2. The van der Waals surface area contributed by atoms with Crippen LogP contribution in [0.5, 0.6) is 0 Å². The maximum absolute atomic E-state index is 14.2. The van der Waals surface area contributed by atoms with Crippen LogP contribution in [0.15, 0.2) is 65.6 Å². The van der Waals surface area contributed by atoms with Gasteiger partial charge in [0.15, 0.2) is 0 Å². The minimum atomic E-state index is -4.31. The number of aryl methyl sites for hydroxylation is 1. The zero-order chi connectivity index (χ0) is 31.3. The molecule has 0 bridgehead atoms. The van der Waals surface area contributed by atoms with Crippen LogP contribution in [0.3, 0.4) is 0 Å². The van der Waals surface area contributed by atoms with Gasteiger partial charge in [0.25, 0.3) is 10.0 Å². The van der Waals surface area contributed by atoms with E-state index in [4.69, 9.17) is 46.4 Å². The molecule has 4 rings (SSSR count). The summed E-state index contributed by atoms with van der Waals surface area (Å²) in [7, 11) is -4.31. The summed E-state index contributed by atoms with van der Waals surface area (Å²) in [5, 5.41) is 3.78. The number of carbonyl (C=O) groups is 2. The third-order valence-electron chi connectivity index (χ3n) is 7.60. The molecular weight excluding hydrogens is 652 g/mol. The van der Waals surface area contributed by atoms with E-state index in [1.807, 2.05) is 6.92 Å². The highest BCUT2D eigenvalue weighted by Gasteiger charge is 2.34. The van der Waals surface area contributed by atoms with Crippen LogP contribution in [0.2, 0.25) is 20.1 Å². The summed E-state index contributed by atoms with van der Waals surface area (Å²) in [5.41, 5.74) is 1.33. The van der Waals surface area contributed by atoms with E-state index in [-0.39, 0.29) is 39.1 Å². The Kier molecular flexibility index (Phi) is 11.3. The molecule has 3 aromatic carbocycles. The number of nitrogens with zero attached hydrogens (tertiary/aromatic N) is 2. The second-order valence-corrected chi connectivity index (χ2v) is 14.1. The number of anilines is 1. The van der Waals surface area contributed by atoms with Crippen molar-refractivity contribution >= 4 is 73.9 Å². The van der Waals surface area contributed by atoms with Crippen LogP contribution in [-0.4, -0.2) is 43.8 Å². The predicted octanol–water partition coefficient (Wildman–Crippen LogP) is 7.67. The molecule has 230 valence electrons. The minimum absolute atomic E-state index is 0.00762. The Morgan fingerprint density at radius 2 is 1.47 bits per heavy atom. The van der Waals surface area contributed by atoms with Crippen molar-refractivity contribution < 1.29 is 18.0 Å². The van der Waals surface area contributed by atoms with E-state index in [0.717, 1.165) is 42.0 Å². The van der Waals surface area contributed by atoms with Gasteiger partial charge in [-0.15, -0.1) is 0 Å². The summed E-state index contributed by atoms with van der Waals surface area (Å²) in [6.07, 6.45) is 4.87. The maximum Gasteiger partial charge on any atom is 0.264 e. The Morgan fingerprint density at radius 1 is 0.884 bits per heavy atom. The van der Waals surface area contributed by atoms with Crippen LogP contribution < -0.4 is 9.62 Å². The van der Waals surface area contributed by atoms with Crippen molar-refractivity contribution in [2.75, 3.05) is 10.8 Å². The van der Waals surface area contributed by atoms with Gasteiger partial charge < -0.3 is 10.2 Å². The average Bonchev–Trinajstić information content (AvgIpc) is 2.97. The Labute approximate surface area is 273 Å². The molecule has 3 aromatic rings. The van der Waals surface area contributed by atoms with Gasteiger partial charge in [0.05, 0.1) is 20.6 Å². The molecule has 0 radical (unpaired) electrons. The number of nitrogens with one attached hydrogen (secondary N) is 1. The lowest BCUT2D eigenvalue weighted by atomic mass is 9.95. The zero-order valence-electron chi connectivity index (χ0n) is 23.8. The van der Waals surface area contributed by atoms with E-state index in [0.29, 0.717) is 15.6 Å². The summed E-state index contributed by atoms with van der Waals surface area (Å²) in [6.45, 7) is 2.65. The van der Waals surface area contributed by atoms with Gasteiger partial charge in [-0.05, 0) is 63.1 Å². The largest absolute Gasteiger partial charge is 0.352 e. The fourth-order valence-electron chi connectivity index (χ4n) is 5.04. The second kappa shape index (κ2) is 14.5. The minimum Gasteiger partial charge on any atom is -0.352 e. The lowest BCUT2D eigenvalue weighted by Crippen LogP contribution is -2.53. The molecule has 1 N–H and O–H groups in total. The Hall–Kier alpha value is -2.49. The van der Waals surface area contributed by atoms with E-state index in [2.05, 4.69) is 5.32 Å². The zero-order valence-corrected chi connectivity index (χ0v) is 27.7.